The molecule has 0 unspecified atom stereocenters. The zero-order valence-electron chi connectivity index (χ0n) is 57.9. The van der Waals surface area contributed by atoms with Crippen LogP contribution in [-0.2, 0) is 87.9 Å². The Kier molecular flexibility index (Phi) is 42.1. The Morgan fingerprint density at radius 3 is 1.42 bits per heavy atom. The molecule has 0 aliphatic rings. The van der Waals surface area contributed by atoms with Crippen molar-refractivity contribution in [2.75, 3.05) is 51.5 Å². The Bertz CT molecular complexity index is 3060. The zero-order chi connectivity index (χ0) is 78.4. The molecule has 28 N–H and O–H groups in total. The number of aliphatic carboxylic acids is 2. The highest BCUT2D eigenvalue weighted by molar-refractivity contribution is 7.98. The summed E-state index contributed by atoms with van der Waals surface area (Å²) in [6.07, 6.45) is -1.48. The molecule has 1 aromatic heterocycles. The third-order valence-electron chi connectivity index (χ3n) is 14.8. The molecule has 0 aromatic carbocycles. The molecule has 1 rings (SSSR count). The first kappa shape index (κ1) is 91.3. The summed E-state index contributed by atoms with van der Waals surface area (Å²) in [5.74, 6) is -19.5. The third-order valence-corrected chi connectivity index (χ3v) is 15.4. The Hall–Kier alpha value is -9.73. The Morgan fingerprint density at radius 2 is 0.932 bits per heavy atom. The fourth-order valence-corrected chi connectivity index (χ4v) is 9.50. The van der Waals surface area contributed by atoms with E-state index in [2.05, 4.69) is 79.1 Å². The number of primary amides is 1. The van der Waals surface area contributed by atoms with Crippen molar-refractivity contribution in [2.24, 2.45) is 23.1 Å². The number of nitrogens with two attached hydrogens (primary N) is 3. The van der Waals surface area contributed by atoms with Gasteiger partial charge in [0.05, 0.1) is 63.9 Å². The number of nitrogens with one attached hydrogen (secondary N) is 15. The zero-order valence-corrected chi connectivity index (χ0v) is 58.7. The first-order valence-electron chi connectivity index (χ1n) is 32.4. The molecule has 0 aliphatic carbocycles. The van der Waals surface area contributed by atoms with E-state index in [-0.39, 0.29) is 50.3 Å². The lowest BCUT2D eigenvalue weighted by molar-refractivity contribution is -0.143. The number of thioether (sulfide) groups is 1. The fraction of sp³-hybridized carbons (Fsp3) is 0.661. The molecule has 1 heterocycles. The van der Waals surface area contributed by atoms with E-state index < -0.39 is 243 Å². The maximum Gasteiger partial charge on any atom is 0.328 e. The van der Waals surface area contributed by atoms with Crippen molar-refractivity contribution in [1.82, 2.24) is 84.4 Å². The maximum absolute atomic E-state index is 14.2. The van der Waals surface area contributed by atoms with E-state index in [0.717, 1.165) is 20.8 Å². The van der Waals surface area contributed by atoms with Gasteiger partial charge < -0.3 is 132 Å². The lowest BCUT2D eigenvalue weighted by Crippen LogP contribution is -2.62. The highest BCUT2D eigenvalue weighted by atomic mass is 32.2. The second kappa shape index (κ2) is 47.5. The standard InChI is InChI=1S/C59H99N19O24S/c1-26(2)16-35(53(95)78-46(30(6)83)58(100)73-37(18-41(62)84)54(96)77-45(29(5)82)57(99)68-28(4)48(90)76-40(24-81)59(101)102)70-43(86)21-65-50(92)36(17-31-19-63-25-66-31)72-51(93)33(10-8-9-14-60)71-56(98)39(23-80)75-52(94)34(11-12-44(87)88)69-42(85)20-64-47(89)27(3)67-55(97)38(22-79)74-49(91)32(61)13-15-103-7/h19,25-30,32-40,45-46,79-83H,8-18,20-24,60-61H2,1-7H3,(H2,62,84)(H,63,66)(H,64,89)(H,65,92)(H,67,97)(H,68,99)(H,69,85)(H,70,86)(H,71,98)(H,72,93)(H,73,100)(H,74,91)(H,75,94)(H,76,90)(H,77,96)(H,78,95)(H,87,88)(H,101,102)/t27-,28-,29+,30+,32-,33-,34-,35-,36-,37-,38-,39-,40-,45-,46-/m0/s1. The molecule has 0 saturated heterocycles. The molecule has 1 aromatic rings. The molecule has 0 radical (unpaired) electrons. The normalized spacial score (nSPS) is 15.4. The first-order chi connectivity index (χ1) is 48.3. The number of aromatic amines is 1. The van der Waals surface area contributed by atoms with Crippen LogP contribution in [0.4, 0.5) is 0 Å². The second-order valence-corrected chi connectivity index (χ2v) is 25.0. The topological polar surface area (TPSA) is 707 Å². The van der Waals surface area contributed by atoms with Gasteiger partial charge in [0.15, 0.2) is 0 Å². The van der Waals surface area contributed by atoms with Crippen LogP contribution in [0.25, 0.3) is 0 Å². The van der Waals surface area contributed by atoms with Crippen LogP contribution < -0.4 is 91.6 Å². The molecule has 0 aliphatic heterocycles. The predicted molar refractivity (Wildman–Crippen MR) is 359 cm³/mol. The maximum atomic E-state index is 14.2. The minimum atomic E-state index is -1.98. The molecule has 0 bridgehead atoms. The van der Waals surface area contributed by atoms with E-state index in [1.807, 2.05) is 5.32 Å². The van der Waals surface area contributed by atoms with Crippen molar-refractivity contribution in [3.05, 3.63) is 18.2 Å². The SMILES string of the molecule is CSCC[C@H](N)C(=O)N[C@@H](CO)C(=O)N[C@@H](C)C(=O)NCC(=O)N[C@@H](CCC(=O)O)C(=O)N[C@@H](CO)C(=O)N[C@@H](CCCCN)C(=O)N[C@@H](Cc1cnc[nH]1)C(=O)NCC(=O)N[C@@H](CC(C)C)C(=O)N[C@H](C(=O)N[C@@H](CC(N)=O)C(=O)N[C@H](C(=O)N[C@@H](C)C(=O)N[C@@H](CO)C(=O)O)[C@@H](C)O)[C@@H](C)O. The van der Waals surface area contributed by atoms with Gasteiger partial charge in [-0.3, -0.25) is 76.7 Å². The van der Waals surface area contributed by atoms with Gasteiger partial charge in [-0.25, -0.2) is 9.78 Å². The third kappa shape index (κ3) is 34.7. The van der Waals surface area contributed by atoms with Crippen molar-refractivity contribution in [1.29, 1.82) is 0 Å². The van der Waals surface area contributed by atoms with Crippen molar-refractivity contribution in [3.63, 3.8) is 0 Å². The Labute approximate surface area is 594 Å². The van der Waals surface area contributed by atoms with Gasteiger partial charge in [-0.15, -0.1) is 0 Å². The van der Waals surface area contributed by atoms with Gasteiger partial charge in [0.25, 0.3) is 0 Å². The van der Waals surface area contributed by atoms with Gasteiger partial charge in [0, 0.05) is 24.7 Å². The number of hydrogen-bond donors (Lipinski definition) is 25. The number of aliphatic hydroxyl groups excluding tert-OH is 5. The molecule has 44 heteroatoms. The van der Waals surface area contributed by atoms with Crippen LogP contribution in [0.2, 0.25) is 0 Å². The Balaban J connectivity index is 3.32. The van der Waals surface area contributed by atoms with Gasteiger partial charge in [0.1, 0.15) is 72.5 Å². The number of carboxylic acids is 2. The molecule has 15 atom stereocenters. The molecule has 15 amide bonds. The van der Waals surface area contributed by atoms with E-state index >= 15 is 0 Å². The van der Waals surface area contributed by atoms with Gasteiger partial charge >= 0.3 is 11.9 Å². The molecule has 580 valence electrons. The summed E-state index contributed by atoms with van der Waals surface area (Å²) in [6, 6.07) is -21.4. The number of H-pyrrole nitrogens is 1. The van der Waals surface area contributed by atoms with Crippen LogP contribution in [0.15, 0.2) is 12.5 Å². The first-order valence-corrected chi connectivity index (χ1v) is 33.8. The molecular formula is C59H99N19O24S. The van der Waals surface area contributed by atoms with Gasteiger partial charge in [-0.1, -0.05) is 13.8 Å². The van der Waals surface area contributed by atoms with Crippen LogP contribution in [0.5, 0.6) is 0 Å². The number of carboxylic acid groups (broad SMARTS) is 2. The molecule has 0 fully saturated rings. The Morgan fingerprint density at radius 1 is 0.495 bits per heavy atom. The second-order valence-electron chi connectivity index (χ2n) is 24.0. The molecule has 103 heavy (non-hydrogen) atoms. The summed E-state index contributed by atoms with van der Waals surface area (Å²) in [5.41, 5.74) is 17.1. The predicted octanol–water partition coefficient (Wildman–Crippen LogP) is -12.1. The largest absolute Gasteiger partial charge is 0.481 e. The van der Waals surface area contributed by atoms with Crippen molar-refractivity contribution < 1.29 is 117 Å². The minimum Gasteiger partial charge on any atom is -0.481 e. The number of carbonyl (C=O) groups excluding carboxylic acids is 15. The average molecular weight is 1490 g/mol. The van der Waals surface area contributed by atoms with E-state index in [1.165, 1.54) is 31.2 Å². The monoisotopic (exact) mass is 1490 g/mol. The van der Waals surface area contributed by atoms with Gasteiger partial charge in [-0.2, -0.15) is 11.8 Å². The van der Waals surface area contributed by atoms with Crippen LogP contribution in [0.3, 0.4) is 0 Å². The summed E-state index contributed by atoms with van der Waals surface area (Å²) in [5, 5.41) is 100. The average Bonchev–Trinajstić information content (AvgIpc) is 1.37. The van der Waals surface area contributed by atoms with Crippen LogP contribution in [-0.4, -0.2) is 288 Å². The number of imidazole rings is 1. The minimum absolute atomic E-state index is 0.114. The summed E-state index contributed by atoms with van der Waals surface area (Å²) in [7, 11) is 0. The van der Waals surface area contributed by atoms with Crippen LogP contribution in [0, 0.1) is 5.92 Å². The number of amides is 15. The van der Waals surface area contributed by atoms with Crippen LogP contribution >= 0.6 is 11.8 Å². The number of aromatic nitrogens is 2. The van der Waals surface area contributed by atoms with E-state index in [9.17, 15) is 112 Å². The lowest BCUT2D eigenvalue weighted by Gasteiger charge is -2.28. The van der Waals surface area contributed by atoms with Crippen molar-refractivity contribution in [2.45, 2.75) is 190 Å². The molecule has 0 saturated carbocycles. The van der Waals surface area contributed by atoms with Crippen LogP contribution in [0.1, 0.15) is 98.6 Å². The number of carbonyl (C=O) groups is 17. The van der Waals surface area contributed by atoms with E-state index in [4.69, 9.17) is 22.3 Å². The van der Waals surface area contributed by atoms with E-state index in [0.29, 0.717) is 12.2 Å². The fourth-order valence-electron chi connectivity index (χ4n) is 9.01. The van der Waals surface area contributed by atoms with Gasteiger partial charge in [0.2, 0.25) is 88.6 Å². The highest BCUT2D eigenvalue weighted by Crippen LogP contribution is 2.11. The van der Waals surface area contributed by atoms with Crippen molar-refractivity contribution in [3.8, 4) is 0 Å². The summed E-state index contributed by atoms with van der Waals surface area (Å²) >= 11 is 1.43. The van der Waals surface area contributed by atoms with E-state index in [1.54, 1.807) is 20.1 Å². The van der Waals surface area contributed by atoms with Crippen molar-refractivity contribution >= 4 is 112 Å². The summed E-state index contributed by atoms with van der Waals surface area (Å²) in [6.45, 7) is 2.96. The van der Waals surface area contributed by atoms with Gasteiger partial charge in [-0.05, 0) is 90.7 Å². The number of rotatable bonds is 50. The summed E-state index contributed by atoms with van der Waals surface area (Å²) < 4.78 is 0. The lowest BCUT2D eigenvalue weighted by atomic mass is 10.0. The molecule has 0 spiro atoms. The quantitative estimate of drug-likeness (QED) is 0.0269. The summed E-state index contributed by atoms with van der Waals surface area (Å²) in [4.78, 5) is 229. The highest BCUT2D eigenvalue weighted by Gasteiger charge is 2.38. The number of nitrogens with zero attached hydrogens (tertiary/aromatic N) is 1. The number of unbranched alkanes of at least 4 members (excludes halogenated alkanes) is 1. The number of aliphatic hydroxyl groups is 5. The smallest absolute Gasteiger partial charge is 0.328 e. The molecule has 43 nitrogen and oxygen atoms in total. The molecular weight excluding hydrogens is 1390 g/mol. The number of hydrogen-bond acceptors (Lipinski definition) is 26.